The number of carbonyl (C=O) groups excluding carboxylic acids is 1. The lowest BCUT2D eigenvalue weighted by atomic mass is 9.95. The van der Waals surface area contributed by atoms with Gasteiger partial charge in [0.25, 0.3) is 5.69 Å². The Morgan fingerprint density at radius 1 is 1.21 bits per heavy atom. The Hall–Kier alpha value is -3.18. The van der Waals surface area contributed by atoms with Crippen molar-refractivity contribution < 1.29 is 22.9 Å². The summed E-state index contributed by atoms with van der Waals surface area (Å²) >= 11 is 0. The van der Waals surface area contributed by atoms with Crippen molar-refractivity contribution in [1.82, 2.24) is 4.31 Å². The quantitative estimate of drug-likeness (QED) is 0.459. The van der Waals surface area contributed by atoms with Crippen LogP contribution < -0.4 is 15.0 Å². The Bertz CT molecular complexity index is 1130. The molecule has 0 spiro atoms. The molecular formula is C22H28N4O6S. The normalized spacial score (nSPS) is 14.8. The van der Waals surface area contributed by atoms with Gasteiger partial charge in [-0.2, -0.15) is 0 Å². The van der Waals surface area contributed by atoms with Crippen LogP contribution in [0.1, 0.15) is 19.8 Å². The van der Waals surface area contributed by atoms with Gasteiger partial charge in [0.2, 0.25) is 15.9 Å². The molecule has 3 rings (SSSR count). The molecule has 0 aliphatic carbocycles. The summed E-state index contributed by atoms with van der Waals surface area (Å²) in [6, 6.07) is 11.1. The zero-order valence-corrected chi connectivity index (χ0v) is 19.7. The molecule has 0 atom stereocenters. The second-order valence-corrected chi connectivity index (χ2v) is 10.00. The lowest BCUT2D eigenvalue weighted by Crippen LogP contribution is -2.38. The van der Waals surface area contributed by atoms with Crippen molar-refractivity contribution in [3.05, 3.63) is 52.6 Å². The lowest BCUT2D eigenvalue weighted by Gasteiger charge is -2.32. The van der Waals surface area contributed by atoms with Crippen molar-refractivity contribution in [2.45, 2.75) is 24.7 Å². The number of piperidine rings is 1. The van der Waals surface area contributed by atoms with E-state index in [4.69, 9.17) is 4.74 Å². The number of nitro benzene ring substituents is 1. The summed E-state index contributed by atoms with van der Waals surface area (Å²) in [4.78, 5) is 25.7. The van der Waals surface area contributed by atoms with Gasteiger partial charge in [0.1, 0.15) is 16.3 Å². The van der Waals surface area contributed by atoms with E-state index < -0.39 is 14.9 Å². The molecule has 11 heteroatoms. The van der Waals surface area contributed by atoms with E-state index in [9.17, 15) is 23.3 Å². The first-order chi connectivity index (χ1) is 15.6. The van der Waals surface area contributed by atoms with E-state index in [1.54, 1.807) is 31.2 Å². The molecule has 0 aromatic heterocycles. The Morgan fingerprint density at radius 2 is 1.88 bits per heavy atom. The predicted octanol–water partition coefficient (Wildman–Crippen LogP) is 3.10. The fourth-order valence-corrected chi connectivity index (χ4v) is 4.82. The number of sulfonamides is 1. The van der Waals surface area contributed by atoms with E-state index in [0.29, 0.717) is 43.9 Å². The first-order valence-corrected chi connectivity index (χ1v) is 12.1. The highest BCUT2D eigenvalue weighted by atomic mass is 32.2. The Labute approximate surface area is 193 Å². The third kappa shape index (κ3) is 5.42. The van der Waals surface area contributed by atoms with Gasteiger partial charge in [0, 0.05) is 44.9 Å². The van der Waals surface area contributed by atoms with Gasteiger partial charge < -0.3 is 15.0 Å². The fourth-order valence-electron chi connectivity index (χ4n) is 3.77. The van der Waals surface area contributed by atoms with Gasteiger partial charge in [-0.25, -0.2) is 12.7 Å². The molecule has 0 unspecified atom stereocenters. The molecule has 178 valence electrons. The number of nitro groups is 1. The van der Waals surface area contributed by atoms with E-state index in [2.05, 4.69) is 5.32 Å². The van der Waals surface area contributed by atoms with Gasteiger partial charge in [0.05, 0.1) is 11.5 Å². The Kier molecular flexibility index (Phi) is 7.54. The summed E-state index contributed by atoms with van der Waals surface area (Å²) in [6.07, 6.45) is 1.05. The molecule has 1 N–H and O–H groups in total. The third-order valence-electron chi connectivity index (χ3n) is 5.55. The highest BCUT2D eigenvalue weighted by Crippen LogP contribution is 2.32. The van der Waals surface area contributed by atoms with E-state index in [1.807, 2.05) is 4.90 Å². The maximum Gasteiger partial charge on any atom is 0.292 e. The monoisotopic (exact) mass is 476 g/mol. The summed E-state index contributed by atoms with van der Waals surface area (Å²) in [7, 11) is -0.903. The zero-order chi connectivity index (χ0) is 24.2. The number of carbonyl (C=O) groups is 1. The zero-order valence-electron chi connectivity index (χ0n) is 18.9. The summed E-state index contributed by atoms with van der Waals surface area (Å²) in [5.41, 5.74) is 0.959. The van der Waals surface area contributed by atoms with E-state index in [1.165, 1.54) is 32.3 Å². The molecular weight excluding hydrogens is 448 g/mol. The van der Waals surface area contributed by atoms with Crippen LogP contribution in [0.4, 0.5) is 17.1 Å². The smallest absolute Gasteiger partial charge is 0.292 e. The second-order valence-electron chi connectivity index (χ2n) is 7.88. The maximum atomic E-state index is 12.9. The summed E-state index contributed by atoms with van der Waals surface area (Å²) < 4.78 is 31.9. The van der Waals surface area contributed by atoms with Crippen molar-refractivity contribution in [2.24, 2.45) is 5.92 Å². The van der Waals surface area contributed by atoms with Crippen LogP contribution in [0, 0.1) is 16.0 Å². The minimum atomic E-state index is -3.77. The number of nitrogens with one attached hydrogen (secondary N) is 1. The minimum absolute atomic E-state index is 0.0154. The number of amides is 1. The van der Waals surface area contributed by atoms with Gasteiger partial charge in [-0.05, 0) is 44.0 Å². The van der Waals surface area contributed by atoms with Crippen molar-refractivity contribution >= 4 is 33.0 Å². The first-order valence-electron chi connectivity index (χ1n) is 10.6. The van der Waals surface area contributed by atoms with Gasteiger partial charge in [-0.3, -0.25) is 14.9 Å². The van der Waals surface area contributed by atoms with Crippen molar-refractivity contribution in [3.8, 4) is 5.75 Å². The average Bonchev–Trinajstić information content (AvgIpc) is 2.80. The fraction of sp³-hybridized carbons (Fsp3) is 0.409. The van der Waals surface area contributed by atoms with Gasteiger partial charge in [0.15, 0.2) is 0 Å². The van der Waals surface area contributed by atoms with Crippen LogP contribution >= 0.6 is 0 Å². The van der Waals surface area contributed by atoms with Crippen molar-refractivity contribution in [1.29, 1.82) is 0 Å². The number of benzene rings is 2. The van der Waals surface area contributed by atoms with Crippen LogP contribution in [-0.2, 0) is 14.8 Å². The minimum Gasteiger partial charge on any atom is -0.492 e. The molecule has 0 bridgehead atoms. The van der Waals surface area contributed by atoms with Crippen LogP contribution in [0.3, 0.4) is 0 Å². The van der Waals surface area contributed by atoms with Gasteiger partial charge in [-0.1, -0.05) is 12.1 Å². The Balaban J connectivity index is 1.71. The maximum absolute atomic E-state index is 12.9. The molecule has 1 heterocycles. The number of hydrogen-bond donors (Lipinski definition) is 1. The highest BCUT2D eigenvalue weighted by molar-refractivity contribution is 7.89. The molecule has 0 saturated carbocycles. The average molecular weight is 477 g/mol. The molecule has 1 aliphatic rings. The SMILES string of the molecule is CCOc1ccc(NC(=O)C2CCN(c3ccccc3[N+](=O)[O-])CC2)cc1S(=O)(=O)N(C)C. The van der Waals surface area contributed by atoms with E-state index >= 15 is 0 Å². The van der Waals surface area contributed by atoms with Gasteiger partial charge in [-0.15, -0.1) is 0 Å². The third-order valence-corrected chi connectivity index (χ3v) is 7.39. The van der Waals surface area contributed by atoms with Crippen LogP contribution in [-0.4, -0.2) is 57.3 Å². The number of para-hydroxylation sites is 2. The number of anilines is 2. The van der Waals surface area contributed by atoms with Crippen LogP contribution in [0.5, 0.6) is 5.75 Å². The predicted molar refractivity (Wildman–Crippen MR) is 125 cm³/mol. The van der Waals surface area contributed by atoms with Crippen LogP contribution in [0.15, 0.2) is 47.4 Å². The molecule has 1 saturated heterocycles. The number of hydrogen-bond acceptors (Lipinski definition) is 7. The number of rotatable bonds is 8. The molecule has 0 radical (unpaired) electrons. The van der Waals surface area contributed by atoms with E-state index in [-0.39, 0.29) is 28.2 Å². The molecule has 1 aliphatic heterocycles. The molecule has 10 nitrogen and oxygen atoms in total. The van der Waals surface area contributed by atoms with Crippen LogP contribution in [0.25, 0.3) is 0 Å². The summed E-state index contributed by atoms with van der Waals surface area (Å²) in [6.45, 7) is 3.08. The van der Waals surface area contributed by atoms with Gasteiger partial charge >= 0.3 is 0 Å². The Morgan fingerprint density at radius 3 is 2.48 bits per heavy atom. The largest absolute Gasteiger partial charge is 0.492 e. The second kappa shape index (κ2) is 10.2. The molecule has 1 amide bonds. The highest BCUT2D eigenvalue weighted by Gasteiger charge is 2.29. The van der Waals surface area contributed by atoms with Crippen molar-refractivity contribution in [2.75, 3.05) is 44.0 Å². The number of ether oxygens (including phenoxy) is 1. The molecule has 2 aromatic rings. The summed E-state index contributed by atoms with van der Waals surface area (Å²) in [5.74, 6) is -0.277. The molecule has 2 aromatic carbocycles. The van der Waals surface area contributed by atoms with Crippen molar-refractivity contribution in [3.63, 3.8) is 0 Å². The van der Waals surface area contributed by atoms with E-state index in [0.717, 1.165) is 4.31 Å². The summed E-state index contributed by atoms with van der Waals surface area (Å²) in [5, 5.41) is 14.1. The topological polar surface area (TPSA) is 122 Å². The number of nitrogens with zero attached hydrogens (tertiary/aromatic N) is 3. The molecule has 1 fully saturated rings. The standard InChI is InChI=1S/C22H28N4O6S/c1-4-32-20-10-9-17(15-21(20)33(30,31)24(2)3)23-22(27)16-11-13-25(14-12-16)18-7-5-6-8-19(18)26(28)29/h5-10,15-16H,4,11-14H2,1-3H3,(H,23,27). The first kappa shape index (κ1) is 24.5. The lowest BCUT2D eigenvalue weighted by molar-refractivity contribution is -0.384. The van der Waals surface area contributed by atoms with Crippen LogP contribution in [0.2, 0.25) is 0 Å². The molecule has 33 heavy (non-hydrogen) atoms.